The molecular formula is C20H20ClFN6O3. The number of nitrogens with one attached hydrogen (secondary N) is 2. The fraction of sp³-hybridized carbons (Fsp3) is 0.300. The Balaban J connectivity index is 1.43. The van der Waals surface area contributed by atoms with Crippen LogP contribution in [0, 0.1) is 5.82 Å². The molecule has 2 N–H and O–H groups in total. The molecule has 3 aromatic rings. The van der Waals surface area contributed by atoms with E-state index in [1.165, 1.54) is 22.9 Å². The molecule has 9 nitrogen and oxygen atoms in total. The lowest BCUT2D eigenvalue weighted by Gasteiger charge is -2.12. The molecule has 1 aliphatic rings. The van der Waals surface area contributed by atoms with Gasteiger partial charge in [-0.2, -0.15) is 0 Å². The van der Waals surface area contributed by atoms with Crippen LogP contribution in [0.1, 0.15) is 39.8 Å². The third kappa shape index (κ3) is 4.38. The largest absolute Gasteiger partial charge is 0.443 e. The Bertz CT molecular complexity index is 1160. The van der Waals surface area contributed by atoms with Gasteiger partial charge in [-0.25, -0.2) is 9.18 Å². The van der Waals surface area contributed by atoms with Crippen LogP contribution in [-0.2, 0) is 31.9 Å². The third-order valence-corrected chi connectivity index (χ3v) is 5.35. The van der Waals surface area contributed by atoms with Crippen LogP contribution >= 0.6 is 11.6 Å². The van der Waals surface area contributed by atoms with Crippen LogP contribution in [0.4, 0.5) is 14.9 Å². The number of rotatable bonds is 5. The van der Waals surface area contributed by atoms with Crippen LogP contribution < -0.4 is 10.6 Å². The fourth-order valence-electron chi connectivity index (χ4n) is 3.70. The highest BCUT2D eigenvalue weighted by Crippen LogP contribution is 2.35. The number of ether oxygens (including phenoxy) is 1. The Kier molecular flexibility index (Phi) is 5.64. The second kappa shape index (κ2) is 8.38. The number of nitrogens with zero attached hydrogens (tertiary/aromatic N) is 4. The molecule has 1 unspecified atom stereocenters. The molecule has 31 heavy (non-hydrogen) atoms. The molecule has 0 radical (unpaired) electrons. The number of halogens is 2. The van der Waals surface area contributed by atoms with Crippen LogP contribution in [0.15, 0.2) is 30.6 Å². The van der Waals surface area contributed by atoms with E-state index >= 15 is 0 Å². The predicted molar refractivity (Wildman–Crippen MR) is 110 cm³/mol. The zero-order valence-corrected chi connectivity index (χ0v) is 17.6. The third-order valence-electron chi connectivity index (χ3n) is 5.06. The molecule has 2 heterocycles. The summed E-state index contributed by atoms with van der Waals surface area (Å²) in [6.07, 6.45) is 4.19. The summed E-state index contributed by atoms with van der Waals surface area (Å²) in [6.45, 7) is 0.0158. The highest BCUT2D eigenvalue weighted by Gasteiger charge is 2.31. The van der Waals surface area contributed by atoms with Crippen molar-refractivity contribution in [2.24, 2.45) is 14.1 Å². The first kappa shape index (κ1) is 20.9. The minimum Gasteiger partial charge on any atom is -0.443 e. The standard InChI is InChI=1S/C20H20ClFN6O3/c1-27-9-14-13(18(27)19(29)23-11-3-5-16(22)15(21)7-11)4-6-17(14)24-20(30)31-10-12-8-28(2)26-25-12/h3,5,7-9,17H,4,6,10H2,1-2H3,(H,23,29)(H,24,30). The monoisotopic (exact) mass is 446 g/mol. The number of fused-ring (bicyclic) bond motifs is 1. The molecule has 2 amide bonds. The summed E-state index contributed by atoms with van der Waals surface area (Å²) in [6, 6.07) is 3.73. The summed E-state index contributed by atoms with van der Waals surface area (Å²) >= 11 is 5.79. The maximum Gasteiger partial charge on any atom is 0.408 e. The van der Waals surface area contributed by atoms with Gasteiger partial charge in [0.05, 0.1) is 17.3 Å². The van der Waals surface area contributed by atoms with E-state index in [2.05, 4.69) is 20.9 Å². The van der Waals surface area contributed by atoms with Gasteiger partial charge in [0.1, 0.15) is 23.8 Å². The Labute approximate surface area is 182 Å². The number of aryl methyl sites for hydroxylation is 2. The quantitative estimate of drug-likeness (QED) is 0.626. The zero-order valence-electron chi connectivity index (χ0n) is 16.9. The topological polar surface area (TPSA) is 103 Å². The lowest BCUT2D eigenvalue weighted by atomic mass is 10.1. The highest BCUT2D eigenvalue weighted by atomic mass is 35.5. The van der Waals surface area contributed by atoms with E-state index < -0.39 is 11.9 Å². The molecule has 11 heteroatoms. The maximum atomic E-state index is 13.4. The van der Waals surface area contributed by atoms with Crippen LogP contribution in [0.3, 0.4) is 0 Å². The number of alkyl carbamates (subject to hydrolysis) is 1. The summed E-state index contributed by atoms with van der Waals surface area (Å²) in [5.74, 6) is -0.892. The van der Waals surface area contributed by atoms with Crippen molar-refractivity contribution in [2.45, 2.75) is 25.5 Å². The number of anilines is 1. The van der Waals surface area contributed by atoms with Crippen molar-refractivity contribution in [2.75, 3.05) is 5.32 Å². The van der Waals surface area contributed by atoms with Crippen LogP contribution in [0.25, 0.3) is 0 Å². The molecule has 0 fully saturated rings. The number of aromatic nitrogens is 4. The van der Waals surface area contributed by atoms with E-state index in [0.717, 1.165) is 11.1 Å². The van der Waals surface area contributed by atoms with Gasteiger partial charge in [0.15, 0.2) is 0 Å². The molecule has 2 aromatic heterocycles. The molecule has 0 bridgehead atoms. The molecule has 162 valence electrons. The van der Waals surface area contributed by atoms with Crippen LogP contribution in [0.5, 0.6) is 0 Å². The first-order valence-corrected chi connectivity index (χ1v) is 9.92. The van der Waals surface area contributed by atoms with Gasteiger partial charge in [0, 0.05) is 26.0 Å². The van der Waals surface area contributed by atoms with Crippen molar-refractivity contribution in [3.63, 3.8) is 0 Å². The van der Waals surface area contributed by atoms with Gasteiger partial charge in [0.2, 0.25) is 0 Å². The Morgan fingerprint density at radius 2 is 2.13 bits per heavy atom. The van der Waals surface area contributed by atoms with Crippen molar-refractivity contribution in [1.82, 2.24) is 24.9 Å². The molecule has 1 atom stereocenters. The molecule has 0 aliphatic heterocycles. The lowest BCUT2D eigenvalue weighted by Crippen LogP contribution is -2.27. The Morgan fingerprint density at radius 3 is 2.84 bits per heavy atom. The van der Waals surface area contributed by atoms with Gasteiger partial charge in [0.25, 0.3) is 5.91 Å². The van der Waals surface area contributed by atoms with Crippen molar-refractivity contribution < 1.29 is 18.7 Å². The maximum absolute atomic E-state index is 13.4. The van der Waals surface area contributed by atoms with E-state index in [1.807, 2.05) is 6.20 Å². The smallest absolute Gasteiger partial charge is 0.408 e. The number of hydrogen-bond donors (Lipinski definition) is 2. The van der Waals surface area contributed by atoms with Crippen molar-refractivity contribution in [3.8, 4) is 0 Å². The summed E-state index contributed by atoms with van der Waals surface area (Å²) in [4.78, 5) is 25.0. The van der Waals surface area contributed by atoms with Crippen molar-refractivity contribution in [3.05, 3.63) is 63.9 Å². The zero-order chi connectivity index (χ0) is 22.1. The lowest BCUT2D eigenvalue weighted by molar-refractivity contribution is 0.101. The second-order valence-corrected chi connectivity index (χ2v) is 7.71. The van der Waals surface area contributed by atoms with Crippen molar-refractivity contribution in [1.29, 1.82) is 0 Å². The minimum atomic E-state index is -0.570. The molecule has 1 aromatic carbocycles. The Morgan fingerprint density at radius 1 is 1.32 bits per heavy atom. The molecule has 0 spiro atoms. The van der Waals surface area contributed by atoms with Gasteiger partial charge in [-0.3, -0.25) is 9.48 Å². The number of benzene rings is 1. The first-order chi connectivity index (χ1) is 14.8. The van der Waals surface area contributed by atoms with Gasteiger partial charge in [-0.15, -0.1) is 5.10 Å². The Hall–Kier alpha value is -3.40. The van der Waals surface area contributed by atoms with Gasteiger partial charge < -0.3 is 19.9 Å². The normalized spacial score (nSPS) is 14.9. The first-order valence-electron chi connectivity index (χ1n) is 9.55. The summed E-state index contributed by atoms with van der Waals surface area (Å²) in [7, 11) is 3.48. The second-order valence-electron chi connectivity index (χ2n) is 7.30. The average molecular weight is 447 g/mol. The number of amides is 2. The van der Waals surface area contributed by atoms with Crippen molar-refractivity contribution >= 4 is 29.3 Å². The number of carbonyl (C=O) groups is 2. The summed E-state index contributed by atoms with van der Waals surface area (Å²) < 4.78 is 21.8. The number of hydrogen-bond acceptors (Lipinski definition) is 5. The summed E-state index contributed by atoms with van der Waals surface area (Å²) in [5.41, 5.74) is 3.14. The van der Waals surface area contributed by atoms with Crippen LogP contribution in [0.2, 0.25) is 5.02 Å². The molecule has 4 rings (SSSR count). The van der Waals surface area contributed by atoms with Gasteiger partial charge >= 0.3 is 6.09 Å². The number of carbonyl (C=O) groups excluding carboxylic acids is 2. The van der Waals surface area contributed by atoms with E-state index in [9.17, 15) is 14.0 Å². The molecular weight excluding hydrogens is 427 g/mol. The minimum absolute atomic E-state index is 0.0158. The fourth-order valence-corrected chi connectivity index (χ4v) is 3.88. The molecule has 0 saturated heterocycles. The SMILES string of the molecule is Cn1cc(COC(=O)NC2CCc3c2cn(C)c3C(=O)Nc2ccc(F)c(Cl)c2)nn1. The summed E-state index contributed by atoms with van der Waals surface area (Å²) in [5, 5.41) is 13.2. The van der Waals surface area contributed by atoms with E-state index in [1.54, 1.807) is 24.9 Å². The van der Waals surface area contributed by atoms with Gasteiger partial charge in [-0.05, 0) is 42.2 Å². The van der Waals surface area contributed by atoms with Gasteiger partial charge in [-0.1, -0.05) is 16.8 Å². The average Bonchev–Trinajstić information content (AvgIpc) is 3.39. The molecule has 0 saturated carbocycles. The van der Waals surface area contributed by atoms with E-state index in [0.29, 0.717) is 29.9 Å². The van der Waals surface area contributed by atoms with Crippen LogP contribution in [-0.4, -0.2) is 31.6 Å². The predicted octanol–water partition coefficient (Wildman–Crippen LogP) is 3.11. The van der Waals surface area contributed by atoms with E-state index in [-0.39, 0.29) is 23.6 Å². The highest BCUT2D eigenvalue weighted by molar-refractivity contribution is 6.31. The van der Waals surface area contributed by atoms with E-state index in [4.69, 9.17) is 16.3 Å². The molecule has 1 aliphatic carbocycles.